The largest absolute Gasteiger partial charge is 0.493 e. The molecule has 1 aromatic carbocycles. The lowest BCUT2D eigenvalue weighted by Gasteiger charge is -2.35. The van der Waals surface area contributed by atoms with Gasteiger partial charge in [-0.2, -0.15) is 4.98 Å². The van der Waals surface area contributed by atoms with Crippen molar-refractivity contribution in [1.29, 1.82) is 0 Å². The molecule has 2 aromatic rings. The number of ether oxygens (including phenoxy) is 2. The summed E-state index contributed by atoms with van der Waals surface area (Å²) in [5, 5.41) is 9.52. The molecule has 0 aliphatic heterocycles. The molecule has 0 radical (unpaired) electrons. The van der Waals surface area contributed by atoms with Crippen LogP contribution in [0.15, 0.2) is 24.3 Å². The highest BCUT2D eigenvalue weighted by atomic mass is 16.5. The maximum atomic E-state index is 6.09. The Morgan fingerprint density at radius 2 is 1.88 bits per heavy atom. The monoisotopic (exact) mass is 343 g/mol. The molecule has 0 unspecified atom stereocenters. The zero-order valence-corrected chi connectivity index (χ0v) is 15.1. The molecule has 7 nitrogen and oxygen atoms in total. The first kappa shape index (κ1) is 17.3. The Bertz CT molecular complexity index is 731. The number of rotatable bonds is 7. The Labute approximate surface area is 148 Å². The predicted molar refractivity (Wildman–Crippen MR) is 99.1 cm³/mol. The van der Waals surface area contributed by atoms with Crippen molar-refractivity contribution >= 4 is 17.5 Å². The molecule has 1 aliphatic rings. The van der Waals surface area contributed by atoms with Crippen LogP contribution in [0.5, 0.6) is 11.5 Å². The van der Waals surface area contributed by atoms with Gasteiger partial charge in [-0.05, 0) is 38.9 Å². The van der Waals surface area contributed by atoms with E-state index in [1.807, 2.05) is 45.3 Å². The van der Waals surface area contributed by atoms with Crippen LogP contribution in [0.4, 0.5) is 17.5 Å². The molecule has 7 heteroatoms. The van der Waals surface area contributed by atoms with Crippen molar-refractivity contribution in [3.63, 3.8) is 0 Å². The smallest absolute Gasteiger partial charge is 0.229 e. The minimum atomic E-state index is 0.215. The van der Waals surface area contributed by atoms with Crippen LogP contribution < -0.4 is 25.4 Å². The standard InChI is InChI=1S/C18H25N5O2/c1-11-7-17(20-3)23-18(21-11)22-12-5-6-15(24-4)16(10-12)25-14-8-13(9-14)19-2/h5-7,10,13-14,19H,8-9H2,1-4H3,(H2,20,21,22,23). The molecule has 3 rings (SSSR count). The van der Waals surface area contributed by atoms with Gasteiger partial charge in [0, 0.05) is 36.6 Å². The number of hydrogen-bond acceptors (Lipinski definition) is 7. The Balaban J connectivity index is 1.76. The fourth-order valence-corrected chi connectivity index (χ4v) is 2.81. The number of aryl methyl sites for hydroxylation is 1. The molecule has 0 amide bonds. The van der Waals surface area contributed by atoms with Crippen molar-refractivity contribution in [3.8, 4) is 11.5 Å². The molecule has 1 heterocycles. The van der Waals surface area contributed by atoms with E-state index in [0.717, 1.165) is 41.5 Å². The Morgan fingerprint density at radius 1 is 1.08 bits per heavy atom. The summed E-state index contributed by atoms with van der Waals surface area (Å²) in [6, 6.07) is 8.17. The van der Waals surface area contributed by atoms with Gasteiger partial charge in [0.1, 0.15) is 11.9 Å². The second kappa shape index (κ2) is 7.57. The molecule has 1 fully saturated rings. The third-order valence-corrected chi connectivity index (χ3v) is 4.33. The number of methoxy groups -OCH3 is 1. The molecule has 1 aliphatic carbocycles. The van der Waals surface area contributed by atoms with Gasteiger partial charge in [-0.1, -0.05) is 0 Å². The minimum absolute atomic E-state index is 0.215. The van der Waals surface area contributed by atoms with E-state index in [1.54, 1.807) is 7.11 Å². The van der Waals surface area contributed by atoms with E-state index in [-0.39, 0.29) is 6.10 Å². The highest BCUT2D eigenvalue weighted by molar-refractivity contribution is 5.60. The number of aromatic nitrogens is 2. The maximum absolute atomic E-state index is 6.09. The third-order valence-electron chi connectivity index (χ3n) is 4.33. The van der Waals surface area contributed by atoms with Crippen molar-refractivity contribution in [2.45, 2.75) is 31.9 Å². The van der Waals surface area contributed by atoms with Gasteiger partial charge in [0.2, 0.25) is 5.95 Å². The van der Waals surface area contributed by atoms with Crippen molar-refractivity contribution in [3.05, 3.63) is 30.0 Å². The van der Waals surface area contributed by atoms with Gasteiger partial charge in [0.15, 0.2) is 11.5 Å². The highest BCUT2D eigenvalue weighted by Gasteiger charge is 2.30. The first-order valence-electron chi connectivity index (χ1n) is 8.43. The number of benzene rings is 1. The fraction of sp³-hybridized carbons (Fsp3) is 0.444. The lowest BCUT2D eigenvalue weighted by molar-refractivity contribution is 0.0855. The van der Waals surface area contributed by atoms with Gasteiger partial charge in [-0.3, -0.25) is 0 Å². The summed E-state index contributed by atoms with van der Waals surface area (Å²) in [4.78, 5) is 8.83. The van der Waals surface area contributed by atoms with Crippen LogP contribution in [0.2, 0.25) is 0 Å². The zero-order chi connectivity index (χ0) is 17.8. The van der Waals surface area contributed by atoms with Crippen LogP contribution in [0.3, 0.4) is 0 Å². The quantitative estimate of drug-likeness (QED) is 0.713. The lowest BCUT2D eigenvalue weighted by Crippen LogP contribution is -2.45. The van der Waals surface area contributed by atoms with Crippen LogP contribution in [-0.2, 0) is 0 Å². The molecule has 0 bridgehead atoms. The van der Waals surface area contributed by atoms with E-state index in [9.17, 15) is 0 Å². The normalized spacial score (nSPS) is 19.0. The fourth-order valence-electron chi connectivity index (χ4n) is 2.81. The van der Waals surface area contributed by atoms with Gasteiger partial charge in [0.05, 0.1) is 7.11 Å². The number of hydrogen-bond donors (Lipinski definition) is 3. The van der Waals surface area contributed by atoms with Crippen molar-refractivity contribution in [2.75, 3.05) is 31.8 Å². The van der Waals surface area contributed by atoms with E-state index in [4.69, 9.17) is 9.47 Å². The maximum Gasteiger partial charge on any atom is 0.229 e. The third kappa shape index (κ3) is 4.11. The summed E-state index contributed by atoms with van der Waals surface area (Å²) < 4.78 is 11.5. The van der Waals surface area contributed by atoms with Crippen molar-refractivity contribution < 1.29 is 9.47 Å². The highest BCUT2D eigenvalue weighted by Crippen LogP contribution is 2.35. The number of anilines is 3. The molecule has 0 spiro atoms. The van der Waals surface area contributed by atoms with Gasteiger partial charge in [-0.15, -0.1) is 0 Å². The summed E-state index contributed by atoms with van der Waals surface area (Å²) in [5.41, 5.74) is 1.74. The summed E-state index contributed by atoms with van der Waals surface area (Å²) in [7, 11) is 5.46. The van der Waals surface area contributed by atoms with E-state index >= 15 is 0 Å². The van der Waals surface area contributed by atoms with Crippen LogP contribution in [0.1, 0.15) is 18.5 Å². The average Bonchev–Trinajstić information content (AvgIpc) is 2.57. The Morgan fingerprint density at radius 3 is 2.56 bits per heavy atom. The van der Waals surface area contributed by atoms with Gasteiger partial charge < -0.3 is 25.4 Å². The molecule has 0 saturated heterocycles. The van der Waals surface area contributed by atoms with Crippen molar-refractivity contribution in [2.24, 2.45) is 0 Å². The molecule has 25 heavy (non-hydrogen) atoms. The average molecular weight is 343 g/mol. The van der Waals surface area contributed by atoms with Crippen LogP contribution in [0, 0.1) is 6.92 Å². The van der Waals surface area contributed by atoms with E-state index in [2.05, 4.69) is 25.9 Å². The summed E-state index contributed by atoms with van der Waals surface area (Å²) >= 11 is 0. The first-order chi connectivity index (χ1) is 12.1. The minimum Gasteiger partial charge on any atom is -0.493 e. The van der Waals surface area contributed by atoms with Gasteiger partial charge in [0.25, 0.3) is 0 Å². The second-order valence-electron chi connectivity index (χ2n) is 6.16. The molecular formula is C18H25N5O2. The lowest BCUT2D eigenvalue weighted by atomic mass is 9.89. The topological polar surface area (TPSA) is 80.3 Å². The summed E-state index contributed by atoms with van der Waals surface area (Å²) in [6.45, 7) is 1.94. The van der Waals surface area contributed by atoms with E-state index in [0.29, 0.717) is 12.0 Å². The molecule has 1 aromatic heterocycles. The summed E-state index contributed by atoms with van der Waals surface area (Å²) in [6.07, 6.45) is 2.22. The van der Waals surface area contributed by atoms with Crippen molar-refractivity contribution in [1.82, 2.24) is 15.3 Å². The van der Waals surface area contributed by atoms with Crippen LogP contribution >= 0.6 is 0 Å². The summed E-state index contributed by atoms with van der Waals surface area (Å²) in [5.74, 6) is 2.76. The first-order valence-corrected chi connectivity index (χ1v) is 8.43. The van der Waals surface area contributed by atoms with Gasteiger partial charge >= 0.3 is 0 Å². The number of nitrogens with zero attached hydrogens (tertiary/aromatic N) is 2. The molecular weight excluding hydrogens is 318 g/mol. The zero-order valence-electron chi connectivity index (χ0n) is 15.1. The Kier molecular flexibility index (Phi) is 5.23. The molecule has 1 saturated carbocycles. The second-order valence-corrected chi connectivity index (χ2v) is 6.16. The predicted octanol–water partition coefficient (Wildman–Crippen LogP) is 2.71. The Hall–Kier alpha value is -2.54. The molecule has 134 valence electrons. The van der Waals surface area contributed by atoms with Gasteiger partial charge in [-0.25, -0.2) is 4.98 Å². The molecule has 3 N–H and O–H groups in total. The van der Waals surface area contributed by atoms with Crippen LogP contribution in [-0.4, -0.2) is 43.3 Å². The van der Waals surface area contributed by atoms with Crippen LogP contribution in [0.25, 0.3) is 0 Å². The van der Waals surface area contributed by atoms with E-state index < -0.39 is 0 Å². The number of nitrogens with one attached hydrogen (secondary N) is 3. The van der Waals surface area contributed by atoms with E-state index in [1.165, 1.54) is 0 Å². The SMILES string of the molecule is CNc1cc(C)nc(Nc2ccc(OC)c(OC3CC(NC)C3)c2)n1. The molecule has 0 atom stereocenters.